The molecule has 0 saturated carbocycles. The Bertz CT molecular complexity index is 614. The third-order valence-electron chi connectivity index (χ3n) is 3.35. The van der Waals surface area contributed by atoms with Crippen molar-refractivity contribution in [3.05, 3.63) is 52.6 Å². The summed E-state index contributed by atoms with van der Waals surface area (Å²) in [5, 5.41) is 7.26. The third kappa shape index (κ3) is 3.44. The summed E-state index contributed by atoms with van der Waals surface area (Å²) in [5.74, 6) is -2.67. The van der Waals surface area contributed by atoms with Gasteiger partial charge in [0.15, 0.2) is 0 Å². The minimum Gasteiger partial charge on any atom is -0.310 e. The molecule has 2 aromatic rings. The molecule has 0 fully saturated rings. The van der Waals surface area contributed by atoms with Gasteiger partial charge in [0.2, 0.25) is 0 Å². The SMILES string of the molecule is CCNC(Cc1cc(C)nn1C)c1c(F)cc(F)cc1F. The summed E-state index contributed by atoms with van der Waals surface area (Å²) in [5.41, 5.74) is 1.54. The minimum atomic E-state index is -0.916. The molecular formula is C15H18F3N3. The van der Waals surface area contributed by atoms with Gasteiger partial charge >= 0.3 is 0 Å². The van der Waals surface area contributed by atoms with E-state index in [4.69, 9.17) is 0 Å². The highest BCUT2D eigenvalue weighted by Crippen LogP contribution is 2.25. The maximum atomic E-state index is 14.0. The Labute approximate surface area is 121 Å². The van der Waals surface area contributed by atoms with E-state index in [-0.39, 0.29) is 5.56 Å². The van der Waals surface area contributed by atoms with Gasteiger partial charge in [-0.3, -0.25) is 4.68 Å². The van der Waals surface area contributed by atoms with Crippen molar-refractivity contribution in [3.63, 3.8) is 0 Å². The number of hydrogen-bond acceptors (Lipinski definition) is 2. The van der Waals surface area contributed by atoms with E-state index in [0.717, 1.165) is 11.4 Å². The topological polar surface area (TPSA) is 29.9 Å². The van der Waals surface area contributed by atoms with Crippen LogP contribution in [0.4, 0.5) is 13.2 Å². The molecule has 1 atom stereocenters. The summed E-state index contributed by atoms with van der Waals surface area (Å²) in [4.78, 5) is 0. The lowest BCUT2D eigenvalue weighted by Crippen LogP contribution is -2.26. The van der Waals surface area contributed by atoms with Crippen LogP contribution in [-0.2, 0) is 13.5 Å². The van der Waals surface area contributed by atoms with Crippen LogP contribution in [0.2, 0.25) is 0 Å². The molecule has 6 heteroatoms. The first kappa shape index (κ1) is 15.6. The van der Waals surface area contributed by atoms with Gasteiger partial charge in [0.05, 0.1) is 5.69 Å². The van der Waals surface area contributed by atoms with Gasteiger partial charge in [0.25, 0.3) is 0 Å². The molecule has 0 spiro atoms. The third-order valence-corrected chi connectivity index (χ3v) is 3.35. The first-order chi connectivity index (χ1) is 9.92. The number of likely N-dealkylation sites (N-methyl/N-ethyl adjacent to an activating group) is 1. The highest BCUT2D eigenvalue weighted by molar-refractivity contribution is 5.26. The number of nitrogens with one attached hydrogen (secondary N) is 1. The van der Waals surface area contributed by atoms with Gasteiger partial charge in [-0.2, -0.15) is 5.10 Å². The van der Waals surface area contributed by atoms with Gasteiger partial charge in [-0.1, -0.05) is 6.92 Å². The number of aromatic nitrogens is 2. The summed E-state index contributed by atoms with van der Waals surface area (Å²) in [6.45, 7) is 4.24. The van der Waals surface area contributed by atoms with Crippen molar-refractivity contribution in [1.82, 2.24) is 15.1 Å². The van der Waals surface area contributed by atoms with Gasteiger partial charge in [0.1, 0.15) is 17.5 Å². The number of rotatable bonds is 5. The van der Waals surface area contributed by atoms with Crippen LogP contribution >= 0.6 is 0 Å². The Morgan fingerprint density at radius 1 is 1.19 bits per heavy atom. The van der Waals surface area contributed by atoms with Crippen LogP contribution in [0.1, 0.15) is 29.9 Å². The molecule has 1 N–H and O–H groups in total. The molecule has 1 aromatic heterocycles. The molecule has 21 heavy (non-hydrogen) atoms. The van der Waals surface area contributed by atoms with E-state index < -0.39 is 23.5 Å². The fraction of sp³-hybridized carbons (Fsp3) is 0.400. The van der Waals surface area contributed by atoms with Crippen LogP contribution < -0.4 is 5.32 Å². The van der Waals surface area contributed by atoms with Gasteiger partial charge in [0, 0.05) is 42.9 Å². The number of aryl methyl sites for hydroxylation is 2. The predicted octanol–water partition coefficient (Wildman–Crippen LogP) is 3.04. The normalized spacial score (nSPS) is 12.7. The first-order valence-electron chi connectivity index (χ1n) is 6.79. The fourth-order valence-electron chi connectivity index (χ4n) is 2.47. The summed E-state index contributed by atoms with van der Waals surface area (Å²) < 4.78 is 42.6. The van der Waals surface area contributed by atoms with Gasteiger partial charge in [-0.15, -0.1) is 0 Å². The highest BCUT2D eigenvalue weighted by Gasteiger charge is 2.22. The van der Waals surface area contributed by atoms with E-state index in [2.05, 4.69) is 10.4 Å². The molecule has 1 aromatic carbocycles. The van der Waals surface area contributed by atoms with E-state index in [1.165, 1.54) is 0 Å². The van der Waals surface area contributed by atoms with Gasteiger partial charge < -0.3 is 5.32 Å². The predicted molar refractivity (Wildman–Crippen MR) is 74.4 cm³/mol. The fourth-order valence-corrected chi connectivity index (χ4v) is 2.47. The molecule has 2 rings (SSSR count). The molecule has 0 aliphatic rings. The van der Waals surface area contributed by atoms with Crippen molar-refractivity contribution in [2.75, 3.05) is 6.54 Å². The summed E-state index contributed by atoms with van der Waals surface area (Å²) in [7, 11) is 1.78. The molecule has 0 bridgehead atoms. The van der Waals surface area contributed by atoms with Crippen molar-refractivity contribution < 1.29 is 13.2 Å². The number of halogens is 3. The molecular weight excluding hydrogens is 279 g/mol. The van der Waals surface area contributed by atoms with Crippen molar-refractivity contribution >= 4 is 0 Å². The lowest BCUT2D eigenvalue weighted by Gasteiger charge is -2.19. The number of hydrogen-bond donors (Lipinski definition) is 1. The monoisotopic (exact) mass is 297 g/mol. The van der Waals surface area contributed by atoms with Crippen molar-refractivity contribution in [3.8, 4) is 0 Å². The van der Waals surface area contributed by atoms with E-state index in [1.54, 1.807) is 11.7 Å². The molecule has 0 amide bonds. The average molecular weight is 297 g/mol. The molecule has 0 aliphatic heterocycles. The number of nitrogens with zero attached hydrogens (tertiary/aromatic N) is 2. The summed E-state index contributed by atoms with van der Waals surface area (Å²) >= 11 is 0. The van der Waals surface area contributed by atoms with Crippen LogP contribution in [0.15, 0.2) is 18.2 Å². The van der Waals surface area contributed by atoms with Gasteiger partial charge in [-0.05, 0) is 19.5 Å². The minimum absolute atomic E-state index is 0.142. The van der Waals surface area contributed by atoms with Crippen LogP contribution in [0.25, 0.3) is 0 Å². The Morgan fingerprint density at radius 2 is 1.81 bits per heavy atom. The molecule has 0 radical (unpaired) electrons. The van der Waals surface area contributed by atoms with Crippen molar-refractivity contribution in [2.24, 2.45) is 7.05 Å². The van der Waals surface area contributed by atoms with E-state index >= 15 is 0 Å². The average Bonchev–Trinajstić information content (AvgIpc) is 2.66. The van der Waals surface area contributed by atoms with Crippen LogP contribution in [0, 0.1) is 24.4 Å². The smallest absolute Gasteiger partial charge is 0.133 e. The summed E-state index contributed by atoms with van der Waals surface area (Å²) in [6, 6.07) is 2.70. The zero-order valence-electron chi connectivity index (χ0n) is 12.3. The van der Waals surface area contributed by atoms with E-state index in [1.807, 2.05) is 19.9 Å². The molecule has 1 unspecified atom stereocenters. The maximum Gasteiger partial charge on any atom is 0.133 e. The Balaban J connectivity index is 2.37. The molecule has 3 nitrogen and oxygen atoms in total. The first-order valence-corrected chi connectivity index (χ1v) is 6.79. The lowest BCUT2D eigenvalue weighted by molar-refractivity contribution is 0.455. The highest BCUT2D eigenvalue weighted by atomic mass is 19.1. The van der Waals surface area contributed by atoms with E-state index in [0.29, 0.717) is 25.1 Å². The Hall–Kier alpha value is -1.82. The van der Waals surface area contributed by atoms with Crippen molar-refractivity contribution in [2.45, 2.75) is 26.3 Å². The molecule has 114 valence electrons. The van der Waals surface area contributed by atoms with Gasteiger partial charge in [-0.25, -0.2) is 13.2 Å². The van der Waals surface area contributed by atoms with Crippen LogP contribution in [-0.4, -0.2) is 16.3 Å². The summed E-state index contributed by atoms with van der Waals surface area (Å²) in [6.07, 6.45) is 0.366. The zero-order chi connectivity index (χ0) is 15.6. The maximum absolute atomic E-state index is 14.0. The van der Waals surface area contributed by atoms with Crippen LogP contribution in [0.3, 0.4) is 0 Å². The van der Waals surface area contributed by atoms with Crippen molar-refractivity contribution in [1.29, 1.82) is 0 Å². The zero-order valence-corrected chi connectivity index (χ0v) is 12.3. The standard InChI is InChI=1S/C15H18F3N3/c1-4-19-14(8-11-5-9(2)20-21(11)3)15-12(17)6-10(16)7-13(15)18/h5-7,14,19H,4,8H2,1-3H3. The lowest BCUT2D eigenvalue weighted by atomic mass is 10.00. The second-order valence-corrected chi connectivity index (χ2v) is 5.00. The van der Waals surface area contributed by atoms with Crippen LogP contribution in [0.5, 0.6) is 0 Å². The second-order valence-electron chi connectivity index (χ2n) is 5.00. The Kier molecular flexibility index (Phi) is 4.67. The molecule has 0 aliphatic carbocycles. The Morgan fingerprint density at radius 3 is 2.29 bits per heavy atom. The largest absolute Gasteiger partial charge is 0.310 e. The molecule has 1 heterocycles. The van der Waals surface area contributed by atoms with E-state index in [9.17, 15) is 13.2 Å². The number of benzene rings is 1. The molecule has 0 saturated heterocycles. The second kappa shape index (κ2) is 6.30. The quantitative estimate of drug-likeness (QED) is 0.919.